The lowest BCUT2D eigenvalue weighted by molar-refractivity contribution is 0.0889. The highest BCUT2D eigenvalue weighted by Crippen LogP contribution is 2.32. The minimum absolute atomic E-state index is 0.124. The first-order chi connectivity index (χ1) is 19.7. The van der Waals surface area contributed by atoms with E-state index in [4.69, 9.17) is 14.2 Å². The van der Waals surface area contributed by atoms with Crippen LogP contribution in [0.3, 0.4) is 0 Å². The highest BCUT2D eigenvalue weighted by Gasteiger charge is 2.23. The average Bonchev–Trinajstić information content (AvgIpc) is 2.98. The van der Waals surface area contributed by atoms with Gasteiger partial charge in [-0.3, -0.25) is 0 Å². The molecule has 0 saturated carbocycles. The Morgan fingerprint density at radius 2 is 1.00 bits per heavy atom. The molecule has 0 saturated heterocycles. The van der Waals surface area contributed by atoms with Gasteiger partial charge in [0.2, 0.25) is 0 Å². The molecule has 0 atom stereocenters. The van der Waals surface area contributed by atoms with Crippen LogP contribution >= 0.6 is 0 Å². The normalized spacial score (nSPS) is 11.2. The summed E-state index contributed by atoms with van der Waals surface area (Å²) < 4.78 is 17.6. The van der Waals surface area contributed by atoms with Crippen molar-refractivity contribution < 1.29 is 14.2 Å². The molecular formula is C38H42O3. The molecule has 3 heteroatoms. The van der Waals surface area contributed by atoms with Crippen LogP contribution in [0.15, 0.2) is 110 Å². The summed E-state index contributed by atoms with van der Waals surface area (Å²) in [5.41, 5.74) is 9.22. The van der Waals surface area contributed by atoms with Crippen LogP contribution in [0, 0.1) is 0 Å². The number of allylic oxidation sites excluding steroid dienone is 2. The van der Waals surface area contributed by atoms with Gasteiger partial charge < -0.3 is 14.2 Å². The zero-order chi connectivity index (χ0) is 29.2. The van der Waals surface area contributed by atoms with Crippen molar-refractivity contribution in [1.82, 2.24) is 0 Å². The maximum absolute atomic E-state index is 5.94. The summed E-state index contributed by atoms with van der Waals surface area (Å²) in [5.74, 6) is 1.74. The van der Waals surface area contributed by atoms with Crippen LogP contribution in [0.4, 0.5) is 0 Å². The van der Waals surface area contributed by atoms with E-state index >= 15 is 0 Å². The Labute approximate surface area is 246 Å². The van der Waals surface area contributed by atoms with Crippen molar-refractivity contribution in [3.63, 3.8) is 0 Å². The Morgan fingerprint density at radius 1 is 0.561 bits per heavy atom. The second-order valence-corrected chi connectivity index (χ2v) is 11.1. The van der Waals surface area contributed by atoms with Crippen molar-refractivity contribution in [2.24, 2.45) is 0 Å². The summed E-state index contributed by atoms with van der Waals surface area (Å²) in [7, 11) is 0. The third-order valence-corrected chi connectivity index (χ3v) is 7.47. The Hall–Kier alpha value is -4.08. The minimum Gasteiger partial charge on any atom is -0.493 e. The summed E-state index contributed by atoms with van der Waals surface area (Å²) in [6.07, 6.45) is 0.861. The molecule has 0 aliphatic heterocycles. The SMILES string of the molecule is C=C(C)c1ccc(COCCOc2ccc(C(C)(C)c3ccc(CCOc4ccc(C(=C)C)cc4)cc3)cc2)cc1. The molecule has 0 fully saturated rings. The second kappa shape index (κ2) is 14.0. The summed E-state index contributed by atoms with van der Waals surface area (Å²) in [6.45, 7) is 18.8. The fraction of sp³-hybridized carbons (Fsp3) is 0.263. The number of rotatable bonds is 14. The largest absolute Gasteiger partial charge is 0.493 e. The average molecular weight is 547 g/mol. The molecule has 4 rings (SSSR count). The fourth-order valence-electron chi connectivity index (χ4n) is 4.64. The molecule has 4 aromatic carbocycles. The first-order valence-electron chi connectivity index (χ1n) is 14.3. The van der Waals surface area contributed by atoms with Crippen molar-refractivity contribution in [3.05, 3.63) is 144 Å². The van der Waals surface area contributed by atoms with E-state index < -0.39 is 0 Å². The quantitative estimate of drug-likeness (QED) is 0.148. The third kappa shape index (κ3) is 8.45. The van der Waals surface area contributed by atoms with E-state index in [-0.39, 0.29) is 5.41 Å². The smallest absolute Gasteiger partial charge is 0.119 e. The maximum atomic E-state index is 5.94. The van der Waals surface area contributed by atoms with Crippen molar-refractivity contribution in [1.29, 1.82) is 0 Å². The van der Waals surface area contributed by atoms with Gasteiger partial charge in [0.05, 0.1) is 19.8 Å². The first-order valence-corrected chi connectivity index (χ1v) is 14.3. The van der Waals surface area contributed by atoms with Gasteiger partial charge in [-0.2, -0.15) is 0 Å². The van der Waals surface area contributed by atoms with E-state index in [0.29, 0.717) is 26.4 Å². The van der Waals surface area contributed by atoms with E-state index in [2.05, 4.69) is 99.8 Å². The molecule has 0 unspecified atom stereocenters. The molecule has 0 bridgehead atoms. The first kappa shape index (κ1) is 29.9. The van der Waals surface area contributed by atoms with Crippen LogP contribution in [-0.2, 0) is 23.2 Å². The molecule has 212 valence electrons. The molecule has 4 aromatic rings. The predicted molar refractivity (Wildman–Crippen MR) is 172 cm³/mol. The standard InChI is InChI=1S/C38H42O3/c1-28(2)32-11-7-31(8-12-32)27-39-25-26-41-37-21-17-35(18-22-37)38(5,6)34-15-9-30(10-16-34)23-24-40-36-19-13-33(14-20-36)29(3)4/h7-22H,1,3,23-27H2,2,4-6H3. The second-order valence-electron chi connectivity index (χ2n) is 11.1. The maximum Gasteiger partial charge on any atom is 0.119 e. The molecule has 0 amide bonds. The van der Waals surface area contributed by atoms with Crippen molar-refractivity contribution in [3.8, 4) is 11.5 Å². The number of ether oxygens (including phenoxy) is 3. The predicted octanol–water partition coefficient (Wildman–Crippen LogP) is 9.30. The van der Waals surface area contributed by atoms with Gasteiger partial charge in [-0.1, -0.05) is 111 Å². The minimum atomic E-state index is -0.124. The van der Waals surface area contributed by atoms with Gasteiger partial charge in [0.15, 0.2) is 0 Å². The molecule has 0 spiro atoms. The Kier molecular flexibility index (Phi) is 10.2. The molecule has 0 heterocycles. The van der Waals surface area contributed by atoms with Gasteiger partial charge in [0.1, 0.15) is 18.1 Å². The van der Waals surface area contributed by atoms with Crippen molar-refractivity contribution >= 4 is 11.1 Å². The van der Waals surface area contributed by atoms with E-state index in [1.54, 1.807) is 0 Å². The van der Waals surface area contributed by atoms with E-state index in [1.807, 2.05) is 38.1 Å². The van der Waals surface area contributed by atoms with E-state index in [1.165, 1.54) is 16.7 Å². The van der Waals surface area contributed by atoms with Gasteiger partial charge in [-0.15, -0.1) is 0 Å². The number of benzene rings is 4. The summed E-state index contributed by atoms with van der Waals surface area (Å²) in [5, 5.41) is 0. The lowest BCUT2D eigenvalue weighted by Crippen LogP contribution is -2.19. The van der Waals surface area contributed by atoms with E-state index in [0.717, 1.165) is 45.8 Å². The summed E-state index contributed by atoms with van der Waals surface area (Å²) >= 11 is 0. The number of hydrogen-bond donors (Lipinski definition) is 0. The third-order valence-electron chi connectivity index (χ3n) is 7.47. The summed E-state index contributed by atoms with van der Waals surface area (Å²) in [6, 6.07) is 33.7. The van der Waals surface area contributed by atoms with Gasteiger partial charge >= 0.3 is 0 Å². The zero-order valence-corrected chi connectivity index (χ0v) is 24.9. The topological polar surface area (TPSA) is 27.7 Å². The van der Waals surface area contributed by atoms with Crippen LogP contribution in [0.5, 0.6) is 11.5 Å². The molecule has 0 aromatic heterocycles. The summed E-state index contributed by atoms with van der Waals surface area (Å²) in [4.78, 5) is 0. The van der Waals surface area contributed by atoms with Crippen LogP contribution in [-0.4, -0.2) is 19.8 Å². The zero-order valence-electron chi connectivity index (χ0n) is 24.9. The van der Waals surface area contributed by atoms with Crippen LogP contribution < -0.4 is 9.47 Å². The molecule has 0 N–H and O–H groups in total. The molecule has 41 heavy (non-hydrogen) atoms. The molecule has 0 aliphatic carbocycles. The monoisotopic (exact) mass is 546 g/mol. The Morgan fingerprint density at radius 3 is 1.54 bits per heavy atom. The molecular weight excluding hydrogens is 504 g/mol. The fourth-order valence-corrected chi connectivity index (χ4v) is 4.64. The van der Waals surface area contributed by atoms with Crippen LogP contribution in [0.1, 0.15) is 61.1 Å². The van der Waals surface area contributed by atoms with Gasteiger partial charge in [0.25, 0.3) is 0 Å². The van der Waals surface area contributed by atoms with Crippen LogP contribution in [0.25, 0.3) is 11.1 Å². The van der Waals surface area contributed by atoms with Crippen LogP contribution in [0.2, 0.25) is 0 Å². The van der Waals surface area contributed by atoms with Crippen molar-refractivity contribution in [2.75, 3.05) is 19.8 Å². The lowest BCUT2D eigenvalue weighted by Gasteiger charge is -2.26. The Bertz CT molecular complexity index is 1410. The van der Waals surface area contributed by atoms with Gasteiger partial charge in [-0.05, 0) is 71.5 Å². The molecule has 3 nitrogen and oxygen atoms in total. The van der Waals surface area contributed by atoms with Gasteiger partial charge in [0, 0.05) is 11.8 Å². The molecule has 0 aliphatic rings. The highest BCUT2D eigenvalue weighted by molar-refractivity contribution is 5.62. The van der Waals surface area contributed by atoms with Gasteiger partial charge in [-0.25, -0.2) is 0 Å². The van der Waals surface area contributed by atoms with E-state index in [9.17, 15) is 0 Å². The highest BCUT2D eigenvalue weighted by atomic mass is 16.5. The Balaban J connectivity index is 1.21. The lowest BCUT2D eigenvalue weighted by atomic mass is 9.78. The molecule has 0 radical (unpaired) electrons. The number of hydrogen-bond acceptors (Lipinski definition) is 3. The van der Waals surface area contributed by atoms with Crippen molar-refractivity contribution in [2.45, 2.75) is 46.1 Å².